The molecule has 2 nitrogen and oxygen atoms in total. The zero-order valence-corrected chi connectivity index (χ0v) is 9.00. The van der Waals surface area contributed by atoms with E-state index in [1.54, 1.807) is 6.07 Å². The Labute approximate surface area is 89.1 Å². The van der Waals surface area contributed by atoms with Gasteiger partial charge in [0.25, 0.3) is 0 Å². The van der Waals surface area contributed by atoms with Crippen molar-refractivity contribution in [3.63, 3.8) is 0 Å². The number of aldehydes is 1. The Morgan fingerprint density at radius 1 is 1.40 bits per heavy atom. The highest BCUT2D eigenvalue weighted by molar-refractivity contribution is 5.74. The maximum Gasteiger partial charge on any atom is 0.165 e. The third-order valence-electron chi connectivity index (χ3n) is 2.30. The van der Waals surface area contributed by atoms with E-state index in [2.05, 4.69) is 0 Å². The van der Waals surface area contributed by atoms with Gasteiger partial charge in [-0.1, -0.05) is 13.8 Å². The molecule has 0 N–H and O–H groups in total. The lowest BCUT2D eigenvalue weighted by atomic mass is 10.2. The van der Waals surface area contributed by atoms with E-state index in [-0.39, 0.29) is 11.9 Å². The van der Waals surface area contributed by atoms with E-state index in [4.69, 9.17) is 4.74 Å². The molecular weight excluding hydrogens is 195 g/mol. The molecule has 0 amide bonds. The van der Waals surface area contributed by atoms with Crippen molar-refractivity contribution in [3.05, 3.63) is 29.6 Å². The quantitative estimate of drug-likeness (QED) is 0.697. The largest absolute Gasteiger partial charge is 0.487 e. The average molecular weight is 210 g/mol. The average Bonchev–Trinajstić information content (AvgIpc) is 2.27. The molecule has 82 valence electrons. The van der Waals surface area contributed by atoms with Crippen LogP contribution >= 0.6 is 0 Å². The molecule has 1 aromatic rings. The Hall–Kier alpha value is -1.38. The van der Waals surface area contributed by atoms with Gasteiger partial charge in [0.05, 0.1) is 6.10 Å². The monoisotopic (exact) mass is 210 g/mol. The van der Waals surface area contributed by atoms with E-state index in [1.165, 1.54) is 12.1 Å². The fourth-order valence-electron chi connectivity index (χ4n) is 1.32. The summed E-state index contributed by atoms with van der Waals surface area (Å²) in [5.41, 5.74) is 0.324. The second kappa shape index (κ2) is 5.49. The van der Waals surface area contributed by atoms with E-state index in [1.807, 2.05) is 13.8 Å². The Morgan fingerprint density at radius 3 is 2.53 bits per heavy atom. The van der Waals surface area contributed by atoms with Crippen LogP contribution in [-0.2, 0) is 0 Å². The number of carbonyl (C=O) groups excluding carboxylic acids is 1. The number of rotatable bonds is 5. The van der Waals surface area contributed by atoms with Crippen LogP contribution in [0.15, 0.2) is 18.2 Å². The highest BCUT2D eigenvalue weighted by Gasteiger charge is 2.09. The van der Waals surface area contributed by atoms with Crippen LogP contribution in [0.4, 0.5) is 4.39 Å². The first-order valence-electron chi connectivity index (χ1n) is 5.12. The molecule has 0 fully saturated rings. The molecule has 0 bridgehead atoms. The minimum Gasteiger partial charge on any atom is -0.487 e. The lowest BCUT2D eigenvalue weighted by molar-refractivity contribution is 0.112. The predicted molar refractivity (Wildman–Crippen MR) is 56.8 cm³/mol. The second-order valence-corrected chi connectivity index (χ2v) is 3.36. The van der Waals surface area contributed by atoms with Crippen molar-refractivity contribution in [1.29, 1.82) is 0 Å². The van der Waals surface area contributed by atoms with Gasteiger partial charge in [0.1, 0.15) is 6.29 Å². The molecule has 1 rings (SSSR count). The van der Waals surface area contributed by atoms with Crippen molar-refractivity contribution in [2.45, 2.75) is 32.8 Å². The van der Waals surface area contributed by atoms with Crippen molar-refractivity contribution in [3.8, 4) is 5.75 Å². The first-order chi connectivity index (χ1) is 7.21. The summed E-state index contributed by atoms with van der Waals surface area (Å²) < 4.78 is 18.8. The van der Waals surface area contributed by atoms with Gasteiger partial charge >= 0.3 is 0 Å². The summed E-state index contributed by atoms with van der Waals surface area (Å²) in [5, 5.41) is 0. The van der Waals surface area contributed by atoms with Crippen LogP contribution in [0.2, 0.25) is 0 Å². The van der Waals surface area contributed by atoms with Gasteiger partial charge in [-0.25, -0.2) is 4.39 Å². The third-order valence-corrected chi connectivity index (χ3v) is 2.30. The molecular formula is C12H15FO2. The number of ether oxygens (including phenoxy) is 1. The molecule has 0 aliphatic carbocycles. The van der Waals surface area contributed by atoms with E-state index in [9.17, 15) is 9.18 Å². The van der Waals surface area contributed by atoms with Gasteiger partial charge < -0.3 is 4.74 Å². The number of halogens is 1. The Bertz CT molecular complexity index is 332. The third kappa shape index (κ3) is 3.05. The number of hydrogen-bond donors (Lipinski definition) is 0. The fourth-order valence-corrected chi connectivity index (χ4v) is 1.32. The molecule has 0 saturated carbocycles. The van der Waals surface area contributed by atoms with Crippen LogP contribution in [0.5, 0.6) is 5.75 Å². The number of carbonyl (C=O) groups is 1. The maximum atomic E-state index is 13.4. The van der Waals surface area contributed by atoms with Gasteiger partial charge in [-0.3, -0.25) is 4.79 Å². The highest BCUT2D eigenvalue weighted by Crippen LogP contribution is 2.20. The van der Waals surface area contributed by atoms with Gasteiger partial charge in [-0.2, -0.15) is 0 Å². The molecule has 3 heteroatoms. The Morgan fingerprint density at radius 2 is 2.07 bits per heavy atom. The molecule has 0 heterocycles. The molecule has 0 radical (unpaired) electrons. The van der Waals surface area contributed by atoms with Crippen molar-refractivity contribution < 1.29 is 13.9 Å². The van der Waals surface area contributed by atoms with Crippen LogP contribution < -0.4 is 4.74 Å². The lowest BCUT2D eigenvalue weighted by Crippen LogP contribution is -2.14. The summed E-state index contributed by atoms with van der Waals surface area (Å²) >= 11 is 0. The molecule has 0 saturated heterocycles. The first-order valence-corrected chi connectivity index (χ1v) is 5.12. The van der Waals surface area contributed by atoms with Crippen LogP contribution in [-0.4, -0.2) is 12.4 Å². The van der Waals surface area contributed by atoms with E-state index in [0.717, 1.165) is 12.8 Å². The molecule has 0 aliphatic heterocycles. The molecule has 1 aromatic carbocycles. The van der Waals surface area contributed by atoms with Gasteiger partial charge in [0.15, 0.2) is 11.6 Å². The van der Waals surface area contributed by atoms with Crippen LogP contribution in [0.25, 0.3) is 0 Å². The van der Waals surface area contributed by atoms with Gasteiger partial charge in [-0.15, -0.1) is 0 Å². The van der Waals surface area contributed by atoms with Gasteiger partial charge in [-0.05, 0) is 31.0 Å². The number of hydrogen-bond acceptors (Lipinski definition) is 2. The van der Waals surface area contributed by atoms with Crippen molar-refractivity contribution in [2.75, 3.05) is 0 Å². The first kappa shape index (κ1) is 11.7. The second-order valence-electron chi connectivity index (χ2n) is 3.36. The molecule has 0 aliphatic rings. The lowest BCUT2D eigenvalue weighted by Gasteiger charge is -2.15. The van der Waals surface area contributed by atoms with Gasteiger partial charge in [0.2, 0.25) is 0 Å². The van der Waals surface area contributed by atoms with Crippen LogP contribution in [0.1, 0.15) is 37.0 Å². The van der Waals surface area contributed by atoms with Crippen molar-refractivity contribution in [1.82, 2.24) is 0 Å². The SMILES string of the molecule is CCC(CC)Oc1ccc(C=O)cc1F. The van der Waals surface area contributed by atoms with E-state index >= 15 is 0 Å². The minimum atomic E-state index is -0.480. The summed E-state index contributed by atoms with van der Waals surface area (Å²) in [6.07, 6.45) is 2.32. The highest BCUT2D eigenvalue weighted by atomic mass is 19.1. The predicted octanol–water partition coefficient (Wildman–Crippen LogP) is 3.21. The fraction of sp³-hybridized carbons (Fsp3) is 0.417. The molecule has 15 heavy (non-hydrogen) atoms. The Kier molecular flexibility index (Phi) is 4.28. The summed E-state index contributed by atoms with van der Waals surface area (Å²) in [6, 6.07) is 4.23. The summed E-state index contributed by atoms with van der Waals surface area (Å²) in [6.45, 7) is 3.98. The van der Waals surface area contributed by atoms with Crippen molar-refractivity contribution in [2.24, 2.45) is 0 Å². The minimum absolute atomic E-state index is 0.0292. The van der Waals surface area contributed by atoms with Crippen LogP contribution in [0, 0.1) is 5.82 Å². The molecule has 0 aromatic heterocycles. The van der Waals surface area contributed by atoms with E-state index in [0.29, 0.717) is 11.8 Å². The standard InChI is InChI=1S/C12H15FO2/c1-3-10(4-2)15-12-6-5-9(8-14)7-11(12)13/h5-8,10H,3-4H2,1-2H3. The summed E-state index contributed by atoms with van der Waals surface area (Å²) in [5.74, 6) is -0.263. The normalized spacial score (nSPS) is 10.4. The van der Waals surface area contributed by atoms with E-state index < -0.39 is 5.82 Å². The Balaban J connectivity index is 2.81. The van der Waals surface area contributed by atoms with Crippen molar-refractivity contribution >= 4 is 6.29 Å². The topological polar surface area (TPSA) is 26.3 Å². The molecule has 0 unspecified atom stereocenters. The van der Waals surface area contributed by atoms with Crippen LogP contribution in [0.3, 0.4) is 0 Å². The molecule has 0 spiro atoms. The zero-order chi connectivity index (χ0) is 11.3. The number of benzene rings is 1. The molecule has 0 atom stereocenters. The summed E-state index contributed by atoms with van der Waals surface area (Å²) in [4.78, 5) is 10.4. The van der Waals surface area contributed by atoms with Gasteiger partial charge in [0, 0.05) is 5.56 Å². The summed E-state index contributed by atoms with van der Waals surface area (Å²) in [7, 11) is 0. The smallest absolute Gasteiger partial charge is 0.165 e. The maximum absolute atomic E-state index is 13.4. The zero-order valence-electron chi connectivity index (χ0n) is 9.00.